The molecule has 0 amide bonds. The molecule has 0 radical (unpaired) electrons. The Bertz CT molecular complexity index is 2620. The highest BCUT2D eigenvalue weighted by atomic mass is 32.2. The lowest BCUT2D eigenvalue weighted by atomic mass is 9.75. The fraction of sp³-hybridized carbons (Fsp3) is 0.0714. The Morgan fingerprint density at radius 1 is 0.463 bits per heavy atom. The van der Waals surface area contributed by atoms with Crippen molar-refractivity contribution in [2.75, 3.05) is 0 Å². The van der Waals surface area contributed by atoms with Gasteiger partial charge >= 0.3 is 0 Å². The zero-order valence-corrected chi connectivity index (χ0v) is 30.3. The zero-order chi connectivity index (χ0) is 37.6. The summed E-state index contributed by atoms with van der Waals surface area (Å²) >= 11 is 0. The Labute approximate surface area is 313 Å². The SMILES string of the molecule is NS(=O)(=O)c1ccc(C2(C3(c4ccc(S(N)(=O)=O)cc4)N=C(c4ccccc4)C(c4ccccc4)(c4ccccc4)N3)N=CC(c3ccccc3)=N2)cc1. The van der Waals surface area contributed by atoms with Crippen molar-refractivity contribution in [3.05, 3.63) is 203 Å². The maximum atomic E-state index is 12.5. The molecule has 0 fully saturated rings. The maximum absolute atomic E-state index is 12.5. The summed E-state index contributed by atoms with van der Waals surface area (Å²) in [5.41, 5.74) is 1.15. The van der Waals surface area contributed by atoms with E-state index < -0.39 is 36.9 Å². The molecule has 5 N–H and O–H groups in total. The van der Waals surface area contributed by atoms with Gasteiger partial charge in [0.15, 0.2) is 5.66 Å². The highest BCUT2D eigenvalue weighted by molar-refractivity contribution is 7.89. The molecule has 0 bridgehead atoms. The van der Waals surface area contributed by atoms with Crippen molar-refractivity contribution >= 4 is 37.7 Å². The molecular weight excluding hydrogens is 717 g/mol. The molecule has 0 aromatic heterocycles. The predicted octanol–water partition coefficient (Wildman–Crippen LogP) is 5.60. The van der Waals surface area contributed by atoms with Gasteiger partial charge in [-0.2, -0.15) is 0 Å². The zero-order valence-electron chi connectivity index (χ0n) is 28.7. The number of hydrogen-bond acceptors (Lipinski definition) is 8. The monoisotopic (exact) mass is 750 g/mol. The van der Waals surface area contributed by atoms with Gasteiger partial charge in [0, 0.05) is 11.1 Å². The summed E-state index contributed by atoms with van der Waals surface area (Å²) in [5, 5.41) is 15.2. The van der Waals surface area contributed by atoms with Crippen molar-refractivity contribution < 1.29 is 16.8 Å². The van der Waals surface area contributed by atoms with E-state index in [9.17, 15) is 16.8 Å². The number of sulfonamides is 2. The first kappa shape index (κ1) is 35.2. The van der Waals surface area contributed by atoms with Crippen molar-refractivity contribution in [1.82, 2.24) is 5.32 Å². The van der Waals surface area contributed by atoms with E-state index in [1.165, 1.54) is 24.3 Å². The van der Waals surface area contributed by atoms with Crippen LogP contribution >= 0.6 is 0 Å². The molecule has 268 valence electrons. The van der Waals surface area contributed by atoms with Crippen molar-refractivity contribution in [2.24, 2.45) is 25.3 Å². The third kappa shape index (κ3) is 5.81. The van der Waals surface area contributed by atoms with Crippen LogP contribution in [0.4, 0.5) is 0 Å². The number of nitrogens with zero attached hydrogens (tertiary/aromatic N) is 3. The first-order valence-electron chi connectivity index (χ1n) is 17.0. The number of hydrogen-bond donors (Lipinski definition) is 3. The van der Waals surface area contributed by atoms with Gasteiger partial charge in [0.1, 0.15) is 5.54 Å². The average molecular weight is 751 g/mol. The summed E-state index contributed by atoms with van der Waals surface area (Å²) in [5.74, 6) is 0. The van der Waals surface area contributed by atoms with Crippen LogP contribution in [0, 0.1) is 0 Å². The Kier molecular flexibility index (Phi) is 8.59. The second-order valence-corrected chi connectivity index (χ2v) is 16.2. The van der Waals surface area contributed by atoms with E-state index in [0.29, 0.717) is 22.6 Å². The Morgan fingerprint density at radius 3 is 1.35 bits per heavy atom. The molecule has 2 aliphatic heterocycles. The van der Waals surface area contributed by atoms with Gasteiger partial charge in [0.2, 0.25) is 25.7 Å². The Balaban J connectivity index is 1.52. The van der Waals surface area contributed by atoms with E-state index >= 15 is 0 Å². The normalized spacial score (nSPS) is 20.7. The second kappa shape index (κ2) is 13.2. The third-order valence-corrected chi connectivity index (χ3v) is 11.7. The lowest BCUT2D eigenvalue weighted by Crippen LogP contribution is -2.59. The van der Waals surface area contributed by atoms with Crippen LogP contribution in [0.3, 0.4) is 0 Å². The standard InChI is InChI=1S/C42H34N6O4S2/c43-53(49,50)36-25-21-34(22-26-36)41(45-29-38(46-41)30-13-5-1-6-14-30)42(35-23-27-37(28-24-35)54(44,51)52)47-39(31-15-7-2-8-16-31)40(48-42,32-17-9-3-10-18-32)33-19-11-4-12-20-33/h1-29,48H,(H2,43,49,50)(H2,44,51,52). The van der Waals surface area contributed by atoms with Crippen LogP contribution in [-0.4, -0.2) is 34.5 Å². The molecule has 54 heavy (non-hydrogen) atoms. The highest BCUT2D eigenvalue weighted by Gasteiger charge is 2.64. The quantitative estimate of drug-likeness (QED) is 0.175. The lowest BCUT2D eigenvalue weighted by molar-refractivity contribution is 0.180. The molecular formula is C42H34N6O4S2. The Morgan fingerprint density at radius 2 is 0.889 bits per heavy atom. The van der Waals surface area contributed by atoms with Crippen molar-refractivity contribution in [3.8, 4) is 0 Å². The Hall–Kier alpha value is -5.89. The van der Waals surface area contributed by atoms with E-state index in [0.717, 1.165) is 22.3 Å². The largest absolute Gasteiger partial charge is 0.267 e. The number of benzene rings is 6. The highest BCUT2D eigenvalue weighted by Crippen LogP contribution is 2.55. The van der Waals surface area contributed by atoms with Gasteiger partial charge < -0.3 is 0 Å². The van der Waals surface area contributed by atoms with Crippen LogP contribution in [0.25, 0.3) is 0 Å². The summed E-state index contributed by atoms with van der Waals surface area (Å²) in [6.45, 7) is 0. The molecule has 10 nitrogen and oxygen atoms in total. The molecule has 12 heteroatoms. The molecule has 0 spiro atoms. The molecule has 0 aliphatic carbocycles. The van der Waals surface area contributed by atoms with Crippen LogP contribution in [0.1, 0.15) is 33.4 Å². The fourth-order valence-corrected chi connectivity index (χ4v) is 8.40. The predicted molar refractivity (Wildman–Crippen MR) is 210 cm³/mol. The topological polar surface area (TPSA) is 169 Å². The van der Waals surface area contributed by atoms with Gasteiger partial charge in [0.25, 0.3) is 0 Å². The number of aliphatic imine (C=N–C) groups is 3. The fourth-order valence-electron chi connectivity index (χ4n) is 7.37. The summed E-state index contributed by atoms with van der Waals surface area (Å²) in [7, 11) is -8.10. The average Bonchev–Trinajstić information content (AvgIpc) is 3.83. The van der Waals surface area contributed by atoms with E-state index in [-0.39, 0.29) is 9.79 Å². The molecule has 2 unspecified atom stereocenters. The molecule has 0 saturated carbocycles. The van der Waals surface area contributed by atoms with Crippen LogP contribution in [0.2, 0.25) is 0 Å². The van der Waals surface area contributed by atoms with Crippen molar-refractivity contribution in [1.29, 1.82) is 0 Å². The van der Waals surface area contributed by atoms with E-state index in [4.69, 9.17) is 25.3 Å². The van der Waals surface area contributed by atoms with Crippen LogP contribution < -0.4 is 15.6 Å². The van der Waals surface area contributed by atoms with Crippen LogP contribution in [0.5, 0.6) is 0 Å². The van der Waals surface area contributed by atoms with Crippen molar-refractivity contribution in [2.45, 2.75) is 26.7 Å². The van der Waals surface area contributed by atoms with Gasteiger partial charge in [0.05, 0.1) is 27.4 Å². The molecule has 2 atom stereocenters. The van der Waals surface area contributed by atoms with Gasteiger partial charge in [-0.05, 0) is 46.5 Å². The second-order valence-electron chi connectivity index (χ2n) is 13.1. The third-order valence-electron chi connectivity index (χ3n) is 9.88. The van der Waals surface area contributed by atoms with Crippen molar-refractivity contribution in [3.63, 3.8) is 0 Å². The summed E-state index contributed by atoms with van der Waals surface area (Å²) in [6, 6.07) is 51.6. The molecule has 6 aromatic carbocycles. The van der Waals surface area contributed by atoms with E-state index in [2.05, 4.69) is 5.32 Å². The minimum Gasteiger partial charge on any atom is -0.267 e. The number of primary sulfonamides is 2. The smallest absolute Gasteiger partial charge is 0.238 e. The van der Waals surface area contributed by atoms with Crippen LogP contribution in [0.15, 0.2) is 195 Å². The summed E-state index contributed by atoms with van der Waals surface area (Å²) in [4.78, 5) is 16.3. The minimum absolute atomic E-state index is 0.0843. The molecule has 2 heterocycles. The molecule has 8 rings (SSSR count). The number of rotatable bonds is 9. The number of nitrogens with one attached hydrogen (secondary N) is 1. The number of nitrogens with two attached hydrogens (primary N) is 2. The first-order valence-corrected chi connectivity index (χ1v) is 20.1. The van der Waals surface area contributed by atoms with Gasteiger partial charge in [-0.1, -0.05) is 146 Å². The van der Waals surface area contributed by atoms with Gasteiger partial charge in [-0.15, -0.1) is 0 Å². The summed E-state index contributed by atoms with van der Waals surface area (Å²) in [6.07, 6.45) is 1.69. The maximum Gasteiger partial charge on any atom is 0.238 e. The van der Waals surface area contributed by atoms with E-state index in [1.807, 2.05) is 121 Å². The van der Waals surface area contributed by atoms with Gasteiger partial charge in [-0.25, -0.2) is 32.1 Å². The van der Waals surface area contributed by atoms with E-state index in [1.54, 1.807) is 30.5 Å². The molecule has 2 aliphatic rings. The molecule has 6 aromatic rings. The van der Waals surface area contributed by atoms with Gasteiger partial charge in [-0.3, -0.25) is 15.3 Å². The van der Waals surface area contributed by atoms with Crippen LogP contribution in [-0.2, 0) is 36.9 Å². The minimum atomic E-state index is -4.06. The molecule has 0 saturated heterocycles. The lowest BCUT2D eigenvalue weighted by Gasteiger charge is -2.44. The summed E-state index contributed by atoms with van der Waals surface area (Å²) < 4.78 is 50.0. The first-order chi connectivity index (χ1) is 26.0.